The fourth-order valence-corrected chi connectivity index (χ4v) is 2.40. The number of hydrogen-bond acceptors (Lipinski definition) is 3. The van der Waals surface area contributed by atoms with Crippen LogP contribution in [0.25, 0.3) is 11.2 Å². The van der Waals surface area contributed by atoms with Crippen molar-refractivity contribution in [3.63, 3.8) is 0 Å². The number of hydrogen-bond donors (Lipinski definition) is 2. The van der Waals surface area contributed by atoms with E-state index in [1.165, 1.54) is 0 Å². The first-order chi connectivity index (χ1) is 8.63. The maximum Gasteiger partial charge on any atom is 0.240 e. The molecule has 2 heterocycles. The zero-order chi connectivity index (χ0) is 12.7. The molecule has 5 nitrogen and oxygen atoms in total. The monoisotopic (exact) mass is 326 g/mol. The van der Waals surface area contributed by atoms with Crippen molar-refractivity contribution in [3.05, 3.63) is 21.5 Å². The molecule has 0 spiro atoms. The third-order valence-corrected chi connectivity index (χ3v) is 3.58. The molecule has 2 aromatic heterocycles. The highest BCUT2D eigenvalue weighted by Crippen LogP contribution is 2.19. The lowest BCUT2D eigenvalue weighted by molar-refractivity contribution is -0.121. The van der Waals surface area contributed by atoms with Crippen molar-refractivity contribution >= 4 is 45.2 Å². The van der Waals surface area contributed by atoms with Crippen molar-refractivity contribution in [2.45, 2.75) is 25.4 Å². The van der Waals surface area contributed by atoms with Crippen LogP contribution in [0.4, 0.5) is 0 Å². The summed E-state index contributed by atoms with van der Waals surface area (Å²) >= 11 is 8.57. The van der Waals surface area contributed by atoms with Gasteiger partial charge < -0.3 is 10.3 Å². The van der Waals surface area contributed by atoms with E-state index < -0.39 is 0 Å². The van der Waals surface area contributed by atoms with Gasteiger partial charge in [-0.15, -0.1) is 0 Å². The van der Waals surface area contributed by atoms with Crippen LogP contribution >= 0.6 is 28.1 Å². The molecular formula is C11H11BrN4OS. The number of nitrogens with zero attached hydrogens (tertiary/aromatic N) is 2. The Bertz CT molecular complexity index is 673. The summed E-state index contributed by atoms with van der Waals surface area (Å²) < 4.78 is 3.11. The van der Waals surface area contributed by atoms with E-state index in [2.05, 4.69) is 31.2 Å². The standard InChI is InChI=1S/C11H11BrN4OS/c12-6-3-8-10(13-4-6)16(11(18)15-8)5-9(17)14-7-1-2-7/h3-4,7H,1-2,5H2,(H,14,17)(H,15,18). The molecule has 3 rings (SSSR count). The molecule has 0 aromatic carbocycles. The molecule has 0 aliphatic heterocycles. The van der Waals surface area contributed by atoms with Gasteiger partial charge in [0, 0.05) is 16.7 Å². The number of halogens is 1. The van der Waals surface area contributed by atoms with E-state index in [0.717, 1.165) is 22.8 Å². The molecule has 0 unspecified atom stereocenters. The first-order valence-corrected chi connectivity index (χ1v) is 6.87. The summed E-state index contributed by atoms with van der Waals surface area (Å²) in [6, 6.07) is 2.26. The van der Waals surface area contributed by atoms with Gasteiger partial charge in [-0.3, -0.25) is 9.36 Å². The Kier molecular flexibility index (Phi) is 2.95. The van der Waals surface area contributed by atoms with Gasteiger partial charge in [0.2, 0.25) is 5.91 Å². The second kappa shape index (κ2) is 4.47. The number of aromatic amines is 1. The van der Waals surface area contributed by atoms with Gasteiger partial charge >= 0.3 is 0 Å². The molecule has 1 amide bonds. The maximum atomic E-state index is 11.8. The number of aromatic nitrogens is 3. The van der Waals surface area contributed by atoms with E-state index >= 15 is 0 Å². The summed E-state index contributed by atoms with van der Waals surface area (Å²) in [6.45, 7) is 0.212. The van der Waals surface area contributed by atoms with Crippen LogP contribution in [-0.2, 0) is 11.3 Å². The van der Waals surface area contributed by atoms with Crippen molar-refractivity contribution < 1.29 is 4.79 Å². The Morgan fingerprint density at radius 2 is 2.44 bits per heavy atom. The van der Waals surface area contributed by atoms with Crippen molar-refractivity contribution in [2.24, 2.45) is 0 Å². The highest BCUT2D eigenvalue weighted by atomic mass is 79.9. The Hall–Kier alpha value is -1.21. The molecule has 0 atom stereocenters. The van der Waals surface area contributed by atoms with Crippen molar-refractivity contribution in [3.8, 4) is 0 Å². The molecule has 7 heteroatoms. The van der Waals surface area contributed by atoms with E-state index in [4.69, 9.17) is 12.2 Å². The van der Waals surface area contributed by atoms with E-state index in [-0.39, 0.29) is 12.5 Å². The van der Waals surface area contributed by atoms with Crippen molar-refractivity contribution in [1.82, 2.24) is 19.9 Å². The van der Waals surface area contributed by atoms with E-state index in [0.29, 0.717) is 16.5 Å². The second-order valence-electron chi connectivity index (χ2n) is 4.38. The first-order valence-electron chi connectivity index (χ1n) is 5.67. The van der Waals surface area contributed by atoms with Crippen LogP contribution in [0, 0.1) is 4.77 Å². The number of fused-ring (bicyclic) bond motifs is 1. The van der Waals surface area contributed by atoms with Gasteiger partial charge in [-0.1, -0.05) is 0 Å². The minimum atomic E-state index is -0.0146. The molecule has 1 fully saturated rings. The third kappa shape index (κ3) is 2.32. The van der Waals surface area contributed by atoms with E-state index in [9.17, 15) is 4.79 Å². The maximum absolute atomic E-state index is 11.8. The van der Waals surface area contributed by atoms with Gasteiger partial charge in [-0.25, -0.2) is 4.98 Å². The SMILES string of the molecule is O=C(Cn1c(=S)[nH]c2cc(Br)cnc21)NC1CC1. The van der Waals surface area contributed by atoms with E-state index in [1.54, 1.807) is 10.8 Å². The lowest BCUT2D eigenvalue weighted by atomic mass is 10.4. The quantitative estimate of drug-likeness (QED) is 0.849. The zero-order valence-electron chi connectivity index (χ0n) is 9.44. The van der Waals surface area contributed by atoms with Crippen molar-refractivity contribution in [1.29, 1.82) is 0 Å². The Labute approximate surface area is 117 Å². The molecule has 2 N–H and O–H groups in total. The molecule has 0 saturated heterocycles. The van der Waals surface area contributed by atoms with Gasteiger partial charge in [0.1, 0.15) is 6.54 Å². The number of H-pyrrole nitrogens is 1. The van der Waals surface area contributed by atoms with Gasteiger partial charge in [0.15, 0.2) is 10.4 Å². The number of amides is 1. The zero-order valence-corrected chi connectivity index (χ0v) is 11.8. The molecule has 0 radical (unpaired) electrons. The number of pyridine rings is 1. The Balaban J connectivity index is 1.92. The van der Waals surface area contributed by atoms with Crippen molar-refractivity contribution in [2.75, 3.05) is 0 Å². The van der Waals surface area contributed by atoms with Crippen LogP contribution in [0.15, 0.2) is 16.7 Å². The number of nitrogens with one attached hydrogen (secondary N) is 2. The highest BCUT2D eigenvalue weighted by molar-refractivity contribution is 9.10. The Morgan fingerprint density at radius 3 is 3.17 bits per heavy atom. The molecule has 18 heavy (non-hydrogen) atoms. The number of carbonyl (C=O) groups is 1. The van der Waals surface area contributed by atoms with Gasteiger partial charge in [-0.05, 0) is 47.1 Å². The van der Waals surface area contributed by atoms with Gasteiger partial charge in [0.25, 0.3) is 0 Å². The molecule has 94 valence electrons. The second-order valence-corrected chi connectivity index (χ2v) is 5.69. The van der Waals surface area contributed by atoms with Crippen LogP contribution < -0.4 is 5.32 Å². The fourth-order valence-electron chi connectivity index (χ4n) is 1.81. The number of imidazole rings is 1. The number of rotatable bonds is 3. The summed E-state index contributed by atoms with van der Waals surface area (Å²) in [5.74, 6) is -0.0146. The first kappa shape index (κ1) is 11.9. The summed E-state index contributed by atoms with van der Waals surface area (Å²) in [7, 11) is 0. The minimum absolute atomic E-state index is 0.0146. The molecule has 0 bridgehead atoms. The molecule has 2 aromatic rings. The average molecular weight is 327 g/mol. The molecule has 1 aliphatic carbocycles. The summed E-state index contributed by atoms with van der Waals surface area (Å²) in [5, 5.41) is 2.94. The lowest BCUT2D eigenvalue weighted by Gasteiger charge is -2.04. The molecule has 1 aliphatic rings. The summed E-state index contributed by atoms with van der Waals surface area (Å²) in [6.07, 6.45) is 3.85. The molecular weight excluding hydrogens is 316 g/mol. The lowest BCUT2D eigenvalue weighted by Crippen LogP contribution is -2.29. The van der Waals surface area contributed by atoms with Gasteiger partial charge in [0.05, 0.1) is 5.52 Å². The van der Waals surface area contributed by atoms with Crippen LogP contribution in [0.5, 0.6) is 0 Å². The molecule has 1 saturated carbocycles. The summed E-state index contributed by atoms with van der Waals surface area (Å²) in [5.41, 5.74) is 1.53. The minimum Gasteiger partial charge on any atom is -0.352 e. The topological polar surface area (TPSA) is 62.7 Å². The Morgan fingerprint density at radius 1 is 1.67 bits per heavy atom. The number of carbonyl (C=O) groups excluding carboxylic acids is 1. The highest BCUT2D eigenvalue weighted by Gasteiger charge is 2.23. The predicted molar refractivity (Wildman–Crippen MR) is 73.8 cm³/mol. The fraction of sp³-hybridized carbons (Fsp3) is 0.364. The van der Waals surface area contributed by atoms with Crippen LogP contribution in [0.2, 0.25) is 0 Å². The smallest absolute Gasteiger partial charge is 0.240 e. The van der Waals surface area contributed by atoms with Gasteiger partial charge in [-0.2, -0.15) is 0 Å². The third-order valence-electron chi connectivity index (χ3n) is 2.82. The average Bonchev–Trinajstić information content (AvgIpc) is 3.05. The van der Waals surface area contributed by atoms with Crippen LogP contribution in [-0.4, -0.2) is 26.5 Å². The largest absolute Gasteiger partial charge is 0.352 e. The predicted octanol–water partition coefficient (Wildman–Crippen LogP) is 2.13. The summed E-state index contributed by atoms with van der Waals surface area (Å²) in [4.78, 5) is 19.1. The van der Waals surface area contributed by atoms with E-state index in [1.807, 2.05) is 6.07 Å². The van der Waals surface area contributed by atoms with Crippen LogP contribution in [0.3, 0.4) is 0 Å². The van der Waals surface area contributed by atoms with Crippen LogP contribution in [0.1, 0.15) is 12.8 Å². The normalized spacial score (nSPS) is 14.9.